The molecule has 1 spiro atoms. The molecule has 1 aromatic carbocycles. The zero-order valence-corrected chi connectivity index (χ0v) is 17.3. The molecule has 0 saturated carbocycles. The quantitative estimate of drug-likeness (QED) is 0.849. The van der Waals surface area contributed by atoms with E-state index < -0.39 is 0 Å². The summed E-state index contributed by atoms with van der Waals surface area (Å²) in [7, 11) is 0. The zero-order chi connectivity index (χ0) is 19.7. The molecule has 4 rings (SSSR count). The van der Waals surface area contributed by atoms with Crippen LogP contribution in [0.25, 0.3) is 0 Å². The predicted octanol–water partition coefficient (Wildman–Crippen LogP) is 2.77. The maximum Gasteiger partial charge on any atom is 0.254 e. The minimum atomic E-state index is -0.321. The molecule has 3 aliphatic heterocycles. The van der Waals surface area contributed by atoms with Gasteiger partial charge < -0.3 is 14.7 Å². The molecule has 0 bridgehead atoms. The molecule has 2 atom stereocenters. The highest BCUT2D eigenvalue weighted by molar-refractivity contribution is 5.95. The van der Waals surface area contributed by atoms with Crippen LogP contribution in [0.5, 0.6) is 0 Å². The number of aliphatic hydroxyl groups is 1. The molecule has 1 aromatic rings. The lowest BCUT2D eigenvalue weighted by atomic mass is 9.71. The molecule has 0 aliphatic carbocycles. The number of piperidine rings is 2. The molecule has 3 fully saturated rings. The van der Waals surface area contributed by atoms with Gasteiger partial charge >= 0.3 is 0 Å². The summed E-state index contributed by atoms with van der Waals surface area (Å²) in [6, 6.07) is 6.61. The number of ether oxygens (including phenoxy) is 1. The molecule has 0 unspecified atom stereocenters. The van der Waals surface area contributed by atoms with E-state index in [1.807, 2.05) is 24.0 Å². The van der Waals surface area contributed by atoms with Gasteiger partial charge in [-0.05, 0) is 57.6 Å². The van der Waals surface area contributed by atoms with E-state index in [-0.39, 0.29) is 17.4 Å². The molecular formula is C23H34N2O3. The van der Waals surface area contributed by atoms with E-state index >= 15 is 0 Å². The normalized spacial score (nSPS) is 30.0. The van der Waals surface area contributed by atoms with Crippen molar-refractivity contribution < 1.29 is 14.6 Å². The summed E-state index contributed by atoms with van der Waals surface area (Å²) in [5, 5.41) is 11.0. The number of aryl methyl sites for hydroxylation is 2. The van der Waals surface area contributed by atoms with Crippen molar-refractivity contribution in [2.75, 3.05) is 39.4 Å². The Hall–Kier alpha value is -1.43. The molecule has 0 aromatic heterocycles. The topological polar surface area (TPSA) is 53.0 Å². The number of nitrogens with zero attached hydrogens (tertiary/aromatic N) is 2. The first-order valence-corrected chi connectivity index (χ1v) is 10.8. The highest BCUT2D eigenvalue weighted by Gasteiger charge is 2.47. The van der Waals surface area contributed by atoms with Crippen molar-refractivity contribution in [3.05, 3.63) is 34.9 Å². The minimum absolute atomic E-state index is 0.118. The highest BCUT2D eigenvalue weighted by Crippen LogP contribution is 2.40. The molecular weight excluding hydrogens is 352 g/mol. The van der Waals surface area contributed by atoms with E-state index in [1.54, 1.807) is 0 Å². The number of amides is 1. The van der Waals surface area contributed by atoms with Crippen LogP contribution >= 0.6 is 0 Å². The van der Waals surface area contributed by atoms with E-state index in [0.29, 0.717) is 12.6 Å². The number of benzene rings is 1. The van der Waals surface area contributed by atoms with E-state index in [9.17, 15) is 9.90 Å². The third kappa shape index (κ3) is 3.85. The number of carbonyl (C=O) groups excluding carboxylic acids is 1. The van der Waals surface area contributed by atoms with Gasteiger partial charge in [-0.25, -0.2) is 0 Å². The first-order valence-electron chi connectivity index (χ1n) is 10.8. The SMILES string of the molecule is Cc1ccc(C(=O)N2CCC[C@]3(C2)CN(C2CCOCC2)CC[C@H]3O)c(C)c1. The maximum absolute atomic E-state index is 13.3. The van der Waals surface area contributed by atoms with Crippen LogP contribution in [0, 0.1) is 19.3 Å². The number of carbonyl (C=O) groups is 1. The zero-order valence-electron chi connectivity index (χ0n) is 17.3. The lowest BCUT2D eigenvalue weighted by Crippen LogP contribution is -2.61. The monoisotopic (exact) mass is 386 g/mol. The Kier molecular flexibility index (Phi) is 5.77. The van der Waals surface area contributed by atoms with Crippen molar-refractivity contribution in [3.63, 3.8) is 0 Å². The van der Waals surface area contributed by atoms with Crippen LogP contribution < -0.4 is 0 Å². The lowest BCUT2D eigenvalue weighted by Gasteiger charge is -2.53. The van der Waals surface area contributed by atoms with Crippen molar-refractivity contribution in [1.29, 1.82) is 0 Å². The molecule has 3 heterocycles. The van der Waals surface area contributed by atoms with Crippen molar-refractivity contribution >= 4 is 5.91 Å². The summed E-state index contributed by atoms with van der Waals surface area (Å²) in [5.41, 5.74) is 2.83. The summed E-state index contributed by atoms with van der Waals surface area (Å²) in [4.78, 5) is 17.8. The van der Waals surface area contributed by atoms with Gasteiger partial charge in [-0.15, -0.1) is 0 Å². The largest absolute Gasteiger partial charge is 0.392 e. The average molecular weight is 387 g/mol. The summed E-state index contributed by atoms with van der Waals surface area (Å²) in [6.45, 7) is 9.07. The fraction of sp³-hybridized carbons (Fsp3) is 0.696. The Labute approximate surface area is 168 Å². The highest BCUT2D eigenvalue weighted by atomic mass is 16.5. The van der Waals surface area contributed by atoms with E-state index in [4.69, 9.17) is 4.74 Å². The van der Waals surface area contributed by atoms with E-state index in [1.165, 1.54) is 5.56 Å². The smallest absolute Gasteiger partial charge is 0.254 e. The Bertz CT molecular complexity index is 716. The summed E-state index contributed by atoms with van der Waals surface area (Å²) in [6.07, 6.45) is 4.62. The maximum atomic E-state index is 13.3. The Morgan fingerprint density at radius 2 is 1.93 bits per heavy atom. The third-order valence-electron chi connectivity index (χ3n) is 7.13. The molecule has 5 heteroatoms. The van der Waals surface area contributed by atoms with Crippen molar-refractivity contribution in [2.45, 2.75) is 58.1 Å². The van der Waals surface area contributed by atoms with E-state index in [2.05, 4.69) is 17.9 Å². The van der Waals surface area contributed by atoms with Crippen molar-refractivity contribution in [1.82, 2.24) is 9.80 Å². The second-order valence-corrected chi connectivity index (χ2v) is 9.13. The number of hydrogen-bond donors (Lipinski definition) is 1. The number of aliphatic hydroxyl groups excluding tert-OH is 1. The van der Waals surface area contributed by atoms with Crippen LogP contribution in [0.2, 0.25) is 0 Å². The summed E-state index contributed by atoms with van der Waals surface area (Å²) >= 11 is 0. The van der Waals surface area contributed by atoms with Crippen LogP contribution in [0.3, 0.4) is 0 Å². The van der Waals surface area contributed by atoms with Crippen LogP contribution in [0.1, 0.15) is 53.6 Å². The van der Waals surface area contributed by atoms with Crippen LogP contribution in [0.15, 0.2) is 18.2 Å². The van der Waals surface area contributed by atoms with Crippen molar-refractivity contribution in [3.8, 4) is 0 Å². The second-order valence-electron chi connectivity index (χ2n) is 9.13. The van der Waals surface area contributed by atoms with E-state index in [0.717, 1.165) is 76.1 Å². The molecule has 5 nitrogen and oxygen atoms in total. The Balaban J connectivity index is 1.51. The van der Waals surface area contributed by atoms with Gasteiger partial charge in [0, 0.05) is 56.4 Å². The molecule has 154 valence electrons. The average Bonchev–Trinajstić information content (AvgIpc) is 2.71. The standard InChI is InChI=1S/C23H34N2O3/c1-17-4-5-20(18(2)14-17)22(27)25-10-3-9-23(16-25)15-24(11-6-21(23)26)19-7-12-28-13-8-19/h4-5,14,19,21,26H,3,6-13,15-16H2,1-2H3/t21-,23-/m1/s1. The van der Waals surface area contributed by atoms with Gasteiger partial charge in [0.1, 0.15) is 0 Å². The minimum Gasteiger partial charge on any atom is -0.392 e. The van der Waals surface area contributed by atoms with Gasteiger partial charge in [-0.2, -0.15) is 0 Å². The molecule has 1 amide bonds. The van der Waals surface area contributed by atoms with Gasteiger partial charge in [0.25, 0.3) is 5.91 Å². The lowest BCUT2D eigenvalue weighted by molar-refractivity contribution is -0.0970. The third-order valence-corrected chi connectivity index (χ3v) is 7.13. The molecule has 0 radical (unpaired) electrons. The van der Waals surface area contributed by atoms with Crippen LogP contribution in [-0.2, 0) is 4.74 Å². The van der Waals surface area contributed by atoms with Crippen molar-refractivity contribution in [2.24, 2.45) is 5.41 Å². The van der Waals surface area contributed by atoms with Crippen LogP contribution in [-0.4, -0.2) is 72.4 Å². The van der Waals surface area contributed by atoms with Gasteiger partial charge in [-0.1, -0.05) is 17.7 Å². The number of likely N-dealkylation sites (tertiary alicyclic amines) is 2. The van der Waals surface area contributed by atoms with Crippen LogP contribution in [0.4, 0.5) is 0 Å². The first-order chi connectivity index (χ1) is 13.5. The summed E-state index contributed by atoms with van der Waals surface area (Å²) in [5.74, 6) is 0.118. The fourth-order valence-electron chi connectivity index (χ4n) is 5.50. The molecule has 3 aliphatic rings. The molecule has 28 heavy (non-hydrogen) atoms. The molecule has 3 saturated heterocycles. The number of hydrogen-bond acceptors (Lipinski definition) is 4. The predicted molar refractivity (Wildman–Crippen MR) is 110 cm³/mol. The van der Waals surface area contributed by atoms with Gasteiger partial charge in [-0.3, -0.25) is 9.69 Å². The van der Waals surface area contributed by atoms with Gasteiger partial charge in [0.15, 0.2) is 0 Å². The first kappa shape index (κ1) is 19.9. The Morgan fingerprint density at radius 3 is 2.68 bits per heavy atom. The summed E-state index contributed by atoms with van der Waals surface area (Å²) < 4.78 is 5.54. The number of rotatable bonds is 2. The van der Waals surface area contributed by atoms with Gasteiger partial charge in [0.2, 0.25) is 0 Å². The Morgan fingerprint density at radius 1 is 1.14 bits per heavy atom. The second kappa shape index (κ2) is 8.13. The van der Waals surface area contributed by atoms with Gasteiger partial charge in [0.05, 0.1) is 6.10 Å². The fourth-order valence-corrected chi connectivity index (χ4v) is 5.50. The molecule has 1 N–H and O–H groups in total.